The third kappa shape index (κ3) is 3.32. The molecule has 6 nitrogen and oxygen atoms in total. The minimum atomic E-state index is -0.489. The Labute approximate surface area is 99.6 Å². The van der Waals surface area contributed by atoms with Crippen molar-refractivity contribution in [3.63, 3.8) is 0 Å². The number of hydrogen-bond donors (Lipinski definition) is 1. The second kappa shape index (κ2) is 5.49. The molecule has 1 atom stereocenters. The van der Waals surface area contributed by atoms with Gasteiger partial charge < -0.3 is 14.7 Å². The number of benzene rings is 1. The summed E-state index contributed by atoms with van der Waals surface area (Å²) in [6, 6.07) is 4.61. The number of rotatable bonds is 5. The normalized spacial score (nSPS) is 12.0. The minimum absolute atomic E-state index is 0.0679. The van der Waals surface area contributed by atoms with Gasteiger partial charge in [-0.1, -0.05) is 0 Å². The van der Waals surface area contributed by atoms with Crippen molar-refractivity contribution in [1.29, 1.82) is 0 Å². The van der Waals surface area contributed by atoms with Crippen molar-refractivity contribution < 1.29 is 14.8 Å². The number of nitro benzene ring substituents is 1. The summed E-state index contributed by atoms with van der Waals surface area (Å²) in [6.07, 6.45) is -0.471. The quantitative estimate of drug-likeness (QED) is 0.622. The number of methoxy groups -OCH3 is 1. The van der Waals surface area contributed by atoms with E-state index in [0.29, 0.717) is 6.54 Å². The summed E-state index contributed by atoms with van der Waals surface area (Å²) in [5.41, 5.74) is 0.690. The maximum atomic E-state index is 10.7. The molecule has 0 bridgehead atoms. The lowest BCUT2D eigenvalue weighted by Gasteiger charge is -2.21. The van der Waals surface area contributed by atoms with E-state index in [9.17, 15) is 15.2 Å². The molecule has 0 radical (unpaired) electrons. The highest BCUT2D eigenvalue weighted by atomic mass is 16.6. The molecule has 17 heavy (non-hydrogen) atoms. The fourth-order valence-electron chi connectivity index (χ4n) is 1.56. The fourth-order valence-corrected chi connectivity index (χ4v) is 1.56. The highest BCUT2D eigenvalue weighted by Gasteiger charge is 2.16. The number of nitro groups is 1. The number of hydrogen-bond acceptors (Lipinski definition) is 5. The molecule has 0 heterocycles. The highest BCUT2D eigenvalue weighted by Crippen LogP contribution is 2.30. The average Bonchev–Trinajstić information content (AvgIpc) is 2.27. The lowest BCUT2D eigenvalue weighted by atomic mass is 10.2. The van der Waals surface area contributed by atoms with Gasteiger partial charge in [0.25, 0.3) is 0 Å². The van der Waals surface area contributed by atoms with Crippen molar-refractivity contribution in [1.82, 2.24) is 0 Å². The van der Waals surface area contributed by atoms with Crippen molar-refractivity contribution in [2.24, 2.45) is 0 Å². The van der Waals surface area contributed by atoms with Crippen LogP contribution in [0.2, 0.25) is 0 Å². The largest absolute Gasteiger partial charge is 0.490 e. The van der Waals surface area contributed by atoms with Crippen LogP contribution in [0.15, 0.2) is 18.2 Å². The van der Waals surface area contributed by atoms with Gasteiger partial charge in [0.05, 0.1) is 18.1 Å². The zero-order chi connectivity index (χ0) is 13.0. The second-order valence-electron chi connectivity index (χ2n) is 3.84. The van der Waals surface area contributed by atoms with Crippen LogP contribution in [-0.4, -0.2) is 36.8 Å². The number of nitrogens with zero attached hydrogens (tertiary/aromatic N) is 2. The molecule has 0 saturated heterocycles. The van der Waals surface area contributed by atoms with Crippen LogP contribution >= 0.6 is 0 Å². The molecule has 1 N–H and O–H groups in total. The molecule has 0 spiro atoms. The Hall–Kier alpha value is -1.82. The van der Waals surface area contributed by atoms with E-state index in [4.69, 9.17) is 4.74 Å². The van der Waals surface area contributed by atoms with Gasteiger partial charge in [-0.3, -0.25) is 10.1 Å². The molecule has 1 aromatic rings. The SMILES string of the molecule is COc1cc(N(C)CC(C)O)ccc1[N+](=O)[O-]. The van der Waals surface area contributed by atoms with Crippen LogP contribution in [0.25, 0.3) is 0 Å². The van der Waals surface area contributed by atoms with Crippen molar-refractivity contribution in [3.8, 4) is 5.75 Å². The number of likely N-dealkylation sites (N-methyl/N-ethyl adjacent to an activating group) is 1. The molecule has 0 amide bonds. The summed E-state index contributed by atoms with van der Waals surface area (Å²) in [7, 11) is 3.19. The highest BCUT2D eigenvalue weighted by molar-refractivity contribution is 5.59. The van der Waals surface area contributed by atoms with Gasteiger partial charge in [0, 0.05) is 31.4 Å². The summed E-state index contributed by atoms with van der Waals surface area (Å²) in [5, 5.41) is 20.0. The number of aliphatic hydroxyl groups is 1. The van der Waals surface area contributed by atoms with Gasteiger partial charge in [-0.15, -0.1) is 0 Å². The predicted octanol–water partition coefficient (Wildman–Crippen LogP) is 1.42. The summed E-state index contributed by atoms with van der Waals surface area (Å²) < 4.78 is 4.97. The van der Waals surface area contributed by atoms with E-state index in [1.54, 1.807) is 31.0 Å². The molecule has 1 aromatic carbocycles. The minimum Gasteiger partial charge on any atom is -0.490 e. The zero-order valence-electron chi connectivity index (χ0n) is 10.1. The molecule has 1 unspecified atom stereocenters. The average molecular weight is 240 g/mol. The molecule has 0 aliphatic heterocycles. The van der Waals surface area contributed by atoms with Crippen molar-refractivity contribution in [2.45, 2.75) is 13.0 Å². The molecule has 1 rings (SSSR count). The maximum Gasteiger partial charge on any atom is 0.311 e. The molecular formula is C11H16N2O4. The number of aliphatic hydroxyl groups excluding tert-OH is 1. The summed E-state index contributed by atoms with van der Waals surface area (Å²) in [4.78, 5) is 12.0. The van der Waals surface area contributed by atoms with Crippen LogP contribution in [0.4, 0.5) is 11.4 Å². The summed E-state index contributed by atoms with van der Waals surface area (Å²) in [5.74, 6) is 0.213. The van der Waals surface area contributed by atoms with Gasteiger partial charge in [0.2, 0.25) is 0 Å². The van der Waals surface area contributed by atoms with Crippen LogP contribution < -0.4 is 9.64 Å². The van der Waals surface area contributed by atoms with Gasteiger partial charge in [0.15, 0.2) is 5.75 Å². The molecule has 0 aromatic heterocycles. The molecule has 0 saturated carbocycles. The molecule has 94 valence electrons. The third-order valence-electron chi connectivity index (χ3n) is 2.34. The van der Waals surface area contributed by atoms with E-state index >= 15 is 0 Å². The first-order valence-corrected chi connectivity index (χ1v) is 5.17. The Morgan fingerprint density at radius 1 is 1.59 bits per heavy atom. The van der Waals surface area contributed by atoms with Crippen molar-refractivity contribution >= 4 is 11.4 Å². The molecule has 0 aliphatic carbocycles. The number of ether oxygens (including phenoxy) is 1. The van der Waals surface area contributed by atoms with Gasteiger partial charge in [-0.25, -0.2) is 0 Å². The zero-order valence-corrected chi connectivity index (χ0v) is 10.1. The lowest BCUT2D eigenvalue weighted by Crippen LogP contribution is -2.26. The van der Waals surface area contributed by atoms with Crippen LogP contribution in [0.1, 0.15) is 6.92 Å². The smallest absolute Gasteiger partial charge is 0.311 e. The van der Waals surface area contributed by atoms with E-state index in [2.05, 4.69) is 0 Å². The first-order chi connectivity index (χ1) is 7.95. The molecule has 0 fully saturated rings. The van der Waals surface area contributed by atoms with Gasteiger partial charge >= 0.3 is 5.69 Å². The van der Waals surface area contributed by atoms with Gasteiger partial charge in [-0.05, 0) is 13.0 Å². The summed E-state index contributed by atoms with van der Waals surface area (Å²) in [6.45, 7) is 2.13. The molecule has 0 aliphatic rings. The van der Waals surface area contributed by atoms with E-state index < -0.39 is 11.0 Å². The van der Waals surface area contributed by atoms with Crippen LogP contribution in [0.3, 0.4) is 0 Å². The lowest BCUT2D eigenvalue weighted by molar-refractivity contribution is -0.385. The molecular weight excluding hydrogens is 224 g/mol. The van der Waals surface area contributed by atoms with E-state index in [-0.39, 0.29) is 11.4 Å². The van der Waals surface area contributed by atoms with Crippen molar-refractivity contribution in [2.75, 3.05) is 25.6 Å². The van der Waals surface area contributed by atoms with Gasteiger partial charge in [-0.2, -0.15) is 0 Å². The first-order valence-electron chi connectivity index (χ1n) is 5.17. The van der Waals surface area contributed by atoms with Crippen LogP contribution in [-0.2, 0) is 0 Å². The Morgan fingerprint density at radius 2 is 2.24 bits per heavy atom. The van der Waals surface area contributed by atoms with Gasteiger partial charge in [0.1, 0.15) is 0 Å². The standard InChI is InChI=1S/C11H16N2O4/c1-8(14)7-12(2)9-4-5-10(13(15)16)11(6-9)17-3/h4-6,8,14H,7H2,1-3H3. The monoisotopic (exact) mass is 240 g/mol. The topological polar surface area (TPSA) is 75.8 Å². The third-order valence-corrected chi connectivity index (χ3v) is 2.34. The Bertz CT molecular complexity index is 406. The predicted molar refractivity (Wildman–Crippen MR) is 64.6 cm³/mol. The van der Waals surface area contributed by atoms with Crippen LogP contribution in [0, 0.1) is 10.1 Å². The van der Waals surface area contributed by atoms with Crippen molar-refractivity contribution in [3.05, 3.63) is 28.3 Å². The Morgan fingerprint density at radius 3 is 2.71 bits per heavy atom. The first kappa shape index (κ1) is 13.2. The Balaban J connectivity index is 3.00. The van der Waals surface area contributed by atoms with E-state index in [0.717, 1.165) is 5.69 Å². The van der Waals surface area contributed by atoms with E-state index in [1.807, 2.05) is 0 Å². The molecule has 6 heteroatoms. The number of anilines is 1. The Kier molecular flexibility index (Phi) is 4.28. The van der Waals surface area contributed by atoms with E-state index in [1.165, 1.54) is 13.2 Å². The fraction of sp³-hybridized carbons (Fsp3) is 0.455. The van der Waals surface area contributed by atoms with Crippen LogP contribution in [0.5, 0.6) is 5.75 Å². The maximum absolute atomic E-state index is 10.7. The summed E-state index contributed by atoms with van der Waals surface area (Å²) >= 11 is 0. The second-order valence-corrected chi connectivity index (χ2v) is 3.84.